The van der Waals surface area contributed by atoms with Crippen LogP contribution in [0.1, 0.15) is 29.2 Å². The van der Waals surface area contributed by atoms with Crippen LogP contribution in [-0.4, -0.2) is 30.7 Å². The Labute approximate surface area is 181 Å². The van der Waals surface area contributed by atoms with Gasteiger partial charge >= 0.3 is 0 Å². The predicted octanol–water partition coefficient (Wildman–Crippen LogP) is 3.49. The zero-order valence-electron chi connectivity index (χ0n) is 17.7. The maximum absolute atomic E-state index is 5.41. The molecule has 1 unspecified atom stereocenters. The summed E-state index contributed by atoms with van der Waals surface area (Å²) in [5, 5.41) is 3.36. The van der Waals surface area contributed by atoms with E-state index < -0.39 is 0 Å². The zero-order chi connectivity index (χ0) is 21.2. The van der Waals surface area contributed by atoms with E-state index in [1.165, 1.54) is 5.56 Å². The Balaban J connectivity index is 1.39. The highest BCUT2D eigenvalue weighted by Gasteiger charge is 2.34. The largest absolute Gasteiger partial charge is 0.493 e. The molecule has 3 N–H and O–H groups in total. The van der Waals surface area contributed by atoms with Crippen molar-refractivity contribution in [3.8, 4) is 11.5 Å². The number of anilines is 3. The van der Waals surface area contributed by atoms with E-state index in [1.54, 1.807) is 14.2 Å². The molecule has 0 fully saturated rings. The number of nitrogens with zero attached hydrogens (tertiary/aromatic N) is 3. The van der Waals surface area contributed by atoms with E-state index in [9.17, 15) is 0 Å². The van der Waals surface area contributed by atoms with Gasteiger partial charge in [-0.25, -0.2) is 5.43 Å². The van der Waals surface area contributed by atoms with Crippen molar-refractivity contribution in [2.75, 3.05) is 36.4 Å². The fourth-order valence-electron chi connectivity index (χ4n) is 4.16. The van der Waals surface area contributed by atoms with Crippen LogP contribution in [0.3, 0.4) is 0 Å². The van der Waals surface area contributed by atoms with Crippen LogP contribution in [0.4, 0.5) is 17.6 Å². The van der Waals surface area contributed by atoms with Crippen LogP contribution >= 0.6 is 0 Å². The van der Waals surface area contributed by atoms with E-state index in [2.05, 4.69) is 45.3 Å². The van der Waals surface area contributed by atoms with Gasteiger partial charge in [0, 0.05) is 19.6 Å². The molecular weight excluding hydrogens is 392 g/mol. The van der Waals surface area contributed by atoms with Crippen molar-refractivity contribution in [1.29, 1.82) is 0 Å². The first-order valence-electron chi connectivity index (χ1n) is 10.4. The molecule has 2 aliphatic rings. The summed E-state index contributed by atoms with van der Waals surface area (Å²) >= 11 is 0. The Bertz CT molecular complexity index is 1080. The number of hydrazine groups is 1. The van der Waals surface area contributed by atoms with Crippen molar-refractivity contribution < 1.29 is 9.47 Å². The molecule has 8 nitrogen and oxygen atoms in total. The van der Waals surface area contributed by atoms with Gasteiger partial charge in [-0.2, -0.15) is 9.97 Å². The van der Waals surface area contributed by atoms with Crippen LogP contribution in [0, 0.1) is 0 Å². The van der Waals surface area contributed by atoms with Crippen molar-refractivity contribution in [3.05, 3.63) is 65.2 Å². The van der Waals surface area contributed by atoms with Gasteiger partial charge in [0.2, 0.25) is 5.95 Å². The van der Waals surface area contributed by atoms with E-state index in [-0.39, 0.29) is 6.04 Å². The van der Waals surface area contributed by atoms with Gasteiger partial charge in [-0.05, 0) is 29.7 Å². The predicted molar refractivity (Wildman–Crippen MR) is 121 cm³/mol. The SMILES string of the molecule is COc1ccc(CNc2nc3c4c(n2)N(Cc2ccccc2)CCC4NN3)cc1OC. The van der Waals surface area contributed by atoms with Gasteiger partial charge in [0.15, 0.2) is 17.3 Å². The van der Waals surface area contributed by atoms with Gasteiger partial charge in [0.1, 0.15) is 5.82 Å². The van der Waals surface area contributed by atoms with Gasteiger partial charge in [0.05, 0.1) is 25.8 Å². The first kappa shape index (κ1) is 19.4. The maximum Gasteiger partial charge on any atom is 0.226 e. The van der Waals surface area contributed by atoms with E-state index >= 15 is 0 Å². The third kappa shape index (κ3) is 3.82. The Hall–Kier alpha value is -3.52. The first-order valence-corrected chi connectivity index (χ1v) is 10.4. The van der Waals surface area contributed by atoms with Crippen LogP contribution in [-0.2, 0) is 13.1 Å². The van der Waals surface area contributed by atoms with Crippen LogP contribution in [0.5, 0.6) is 11.5 Å². The van der Waals surface area contributed by atoms with E-state index in [0.717, 1.165) is 42.3 Å². The summed E-state index contributed by atoms with van der Waals surface area (Å²) in [7, 11) is 3.27. The summed E-state index contributed by atoms with van der Waals surface area (Å²) in [6.07, 6.45) is 1.02. The maximum atomic E-state index is 5.41. The molecule has 2 aliphatic heterocycles. The van der Waals surface area contributed by atoms with Crippen molar-refractivity contribution in [3.63, 3.8) is 0 Å². The monoisotopic (exact) mass is 418 g/mol. The van der Waals surface area contributed by atoms with Gasteiger partial charge in [-0.15, -0.1) is 0 Å². The molecular formula is C23H26N6O2. The van der Waals surface area contributed by atoms with Gasteiger partial charge in [0.25, 0.3) is 0 Å². The van der Waals surface area contributed by atoms with Gasteiger partial charge < -0.3 is 25.1 Å². The molecule has 8 heteroatoms. The molecule has 160 valence electrons. The third-order valence-electron chi connectivity index (χ3n) is 5.74. The van der Waals surface area contributed by atoms with Crippen LogP contribution in [0.2, 0.25) is 0 Å². The number of ether oxygens (including phenoxy) is 2. The van der Waals surface area contributed by atoms with E-state index in [1.807, 2.05) is 24.3 Å². The molecule has 0 aliphatic carbocycles. The molecule has 0 spiro atoms. The minimum absolute atomic E-state index is 0.247. The van der Waals surface area contributed by atoms with Gasteiger partial charge in [-0.1, -0.05) is 36.4 Å². The highest BCUT2D eigenvalue weighted by molar-refractivity contribution is 5.67. The molecule has 3 aromatic rings. The molecule has 0 bridgehead atoms. The second-order valence-electron chi connectivity index (χ2n) is 7.69. The van der Waals surface area contributed by atoms with Crippen molar-refractivity contribution >= 4 is 17.6 Å². The van der Waals surface area contributed by atoms with Crippen molar-refractivity contribution in [2.45, 2.75) is 25.6 Å². The summed E-state index contributed by atoms with van der Waals surface area (Å²) in [6, 6.07) is 16.6. The third-order valence-corrected chi connectivity index (χ3v) is 5.74. The second kappa shape index (κ2) is 8.31. The molecule has 0 amide bonds. The first-order chi connectivity index (χ1) is 15.2. The average molecular weight is 419 g/mol. The number of hydrogen-bond acceptors (Lipinski definition) is 8. The molecule has 0 radical (unpaired) electrons. The Kier molecular flexibility index (Phi) is 5.21. The highest BCUT2D eigenvalue weighted by Crippen LogP contribution is 2.41. The summed E-state index contributed by atoms with van der Waals surface area (Å²) in [5.41, 5.74) is 10.1. The number of hydrogen-bond donors (Lipinski definition) is 3. The van der Waals surface area contributed by atoms with Crippen LogP contribution in [0.25, 0.3) is 0 Å². The summed E-state index contributed by atoms with van der Waals surface area (Å²) < 4.78 is 10.7. The number of benzene rings is 2. The Morgan fingerprint density at radius 1 is 1.03 bits per heavy atom. The molecule has 2 aromatic carbocycles. The lowest BCUT2D eigenvalue weighted by Crippen LogP contribution is -2.34. The molecule has 1 aromatic heterocycles. The molecule has 1 atom stereocenters. The topological polar surface area (TPSA) is 83.6 Å². The lowest BCUT2D eigenvalue weighted by atomic mass is 10.0. The molecule has 0 saturated heterocycles. The number of aromatic nitrogens is 2. The standard InChI is InChI=1S/C23H26N6O2/c1-30-18-9-8-16(12-19(18)31-2)13-24-23-25-21-20-17(27-28-21)10-11-29(22(20)26-23)14-15-6-4-3-5-7-15/h3-9,12,17,27H,10-11,13-14H2,1-2H3,(H2,24,25,26,28). The molecule has 3 heterocycles. The zero-order valence-corrected chi connectivity index (χ0v) is 17.7. The number of methoxy groups -OCH3 is 2. The fraction of sp³-hybridized carbons (Fsp3) is 0.304. The van der Waals surface area contributed by atoms with Crippen molar-refractivity contribution in [2.24, 2.45) is 0 Å². The average Bonchev–Trinajstić information content (AvgIpc) is 3.24. The summed E-state index contributed by atoms with van der Waals surface area (Å²) in [5.74, 6) is 3.84. The molecule has 31 heavy (non-hydrogen) atoms. The van der Waals surface area contributed by atoms with Crippen molar-refractivity contribution in [1.82, 2.24) is 15.4 Å². The summed E-state index contributed by atoms with van der Waals surface area (Å²) in [6.45, 7) is 2.34. The van der Waals surface area contributed by atoms with Gasteiger partial charge in [-0.3, -0.25) is 0 Å². The normalized spacial score (nSPS) is 16.5. The van der Waals surface area contributed by atoms with Crippen LogP contribution in [0.15, 0.2) is 48.5 Å². The highest BCUT2D eigenvalue weighted by atomic mass is 16.5. The van der Waals surface area contributed by atoms with Crippen LogP contribution < -0.4 is 30.5 Å². The number of rotatable bonds is 7. The molecule has 5 rings (SSSR count). The Morgan fingerprint density at radius 3 is 2.68 bits per heavy atom. The lowest BCUT2D eigenvalue weighted by molar-refractivity contribution is 0.354. The minimum atomic E-state index is 0.247. The van der Waals surface area contributed by atoms with E-state index in [0.29, 0.717) is 24.0 Å². The smallest absolute Gasteiger partial charge is 0.226 e. The van der Waals surface area contributed by atoms with E-state index in [4.69, 9.17) is 19.4 Å². The minimum Gasteiger partial charge on any atom is -0.493 e. The molecule has 0 saturated carbocycles. The lowest BCUT2D eigenvalue weighted by Gasteiger charge is -2.32. The second-order valence-corrected chi connectivity index (χ2v) is 7.69. The quantitative estimate of drug-likeness (QED) is 0.538. The fourth-order valence-corrected chi connectivity index (χ4v) is 4.16. The Morgan fingerprint density at radius 2 is 1.87 bits per heavy atom. The summed E-state index contributed by atoms with van der Waals surface area (Å²) in [4.78, 5) is 11.9. The number of nitrogens with one attached hydrogen (secondary N) is 3.